The maximum atomic E-state index is 12.5. The van der Waals surface area contributed by atoms with Gasteiger partial charge in [-0.3, -0.25) is 14.9 Å². The zero-order valence-electron chi connectivity index (χ0n) is 12.0. The highest BCUT2D eigenvalue weighted by molar-refractivity contribution is 6.00. The molecule has 1 aromatic rings. The van der Waals surface area contributed by atoms with E-state index in [1.807, 2.05) is 27.7 Å². The number of benzene rings is 1. The van der Waals surface area contributed by atoms with Gasteiger partial charge in [-0.05, 0) is 25.8 Å². The molecule has 0 aromatic heterocycles. The molecule has 20 heavy (non-hydrogen) atoms. The summed E-state index contributed by atoms with van der Waals surface area (Å²) < 4.78 is 5.68. The van der Waals surface area contributed by atoms with Crippen LogP contribution in [-0.4, -0.2) is 23.0 Å². The number of nitro benzene ring substituents is 1. The molecule has 0 spiro atoms. The van der Waals surface area contributed by atoms with E-state index in [4.69, 9.17) is 4.74 Å². The Hall–Kier alpha value is -2.11. The van der Waals surface area contributed by atoms with Gasteiger partial charge in [0, 0.05) is 12.1 Å². The lowest BCUT2D eigenvalue weighted by molar-refractivity contribution is -0.384. The van der Waals surface area contributed by atoms with Crippen molar-refractivity contribution in [2.45, 2.75) is 39.8 Å². The van der Waals surface area contributed by atoms with Gasteiger partial charge in [-0.1, -0.05) is 13.8 Å². The SMILES string of the molecule is CC(C)C1Oc2cc([N+](=O)[O-])ccc2N(C(C)C)C1=O. The van der Waals surface area contributed by atoms with Crippen LogP contribution in [0.25, 0.3) is 0 Å². The Bertz CT molecular complexity index is 554. The van der Waals surface area contributed by atoms with Gasteiger partial charge < -0.3 is 9.64 Å². The number of carbonyl (C=O) groups is 1. The summed E-state index contributed by atoms with van der Waals surface area (Å²) in [5, 5.41) is 10.9. The van der Waals surface area contributed by atoms with Crippen LogP contribution < -0.4 is 9.64 Å². The van der Waals surface area contributed by atoms with Crippen molar-refractivity contribution >= 4 is 17.3 Å². The predicted molar refractivity (Wildman–Crippen MR) is 75.0 cm³/mol. The van der Waals surface area contributed by atoms with Crippen LogP contribution in [0.1, 0.15) is 27.7 Å². The summed E-state index contributed by atoms with van der Waals surface area (Å²) in [5.74, 6) is 0.290. The summed E-state index contributed by atoms with van der Waals surface area (Å²) in [7, 11) is 0. The van der Waals surface area contributed by atoms with Crippen LogP contribution in [0, 0.1) is 16.0 Å². The van der Waals surface area contributed by atoms with Crippen LogP contribution in [0.2, 0.25) is 0 Å². The molecule has 0 radical (unpaired) electrons. The molecule has 0 N–H and O–H groups in total. The lowest BCUT2D eigenvalue weighted by atomic mass is 10.0. The number of carbonyl (C=O) groups excluding carboxylic acids is 1. The third-order valence-corrected chi connectivity index (χ3v) is 3.27. The quantitative estimate of drug-likeness (QED) is 0.629. The molecular formula is C14H18N2O4. The molecule has 6 heteroatoms. The molecule has 0 fully saturated rings. The third-order valence-electron chi connectivity index (χ3n) is 3.27. The number of nitro groups is 1. The lowest BCUT2D eigenvalue weighted by Crippen LogP contribution is -2.51. The molecule has 6 nitrogen and oxygen atoms in total. The van der Waals surface area contributed by atoms with Gasteiger partial charge in [0.15, 0.2) is 11.9 Å². The van der Waals surface area contributed by atoms with E-state index >= 15 is 0 Å². The molecule has 0 bridgehead atoms. The number of anilines is 1. The van der Waals surface area contributed by atoms with Crippen LogP contribution in [0.15, 0.2) is 18.2 Å². The standard InChI is InChI=1S/C14H18N2O4/c1-8(2)13-14(17)15(9(3)4)11-6-5-10(16(18)19)7-12(11)20-13/h5-9,13H,1-4H3. The van der Waals surface area contributed by atoms with Crippen molar-refractivity contribution in [3.8, 4) is 5.75 Å². The molecule has 0 saturated heterocycles. The van der Waals surface area contributed by atoms with E-state index in [2.05, 4.69) is 0 Å². The Morgan fingerprint density at radius 3 is 2.45 bits per heavy atom. The molecule has 1 heterocycles. The first-order chi connectivity index (χ1) is 9.32. The van der Waals surface area contributed by atoms with Crippen molar-refractivity contribution in [2.75, 3.05) is 4.90 Å². The Morgan fingerprint density at radius 2 is 1.95 bits per heavy atom. The van der Waals surface area contributed by atoms with Crippen molar-refractivity contribution in [1.82, 2.24) is 0 Å². The van der Waals surface area contributed by atoms with Crippen LogP contribution in [0.3, 0.4) is 0 Å². The third kappa shape index (κ3) is 2.33. The highest BCUT2D eigenvalue weighted by atomic mass is 16.6. The molecule has 0 aliphatic carbocycles. The lowest BCUT2D eigenvalue weighted by Gasteiger charge is -2.38. The summed E-state index contributed by atoms with van der Waals surface area (Å²) in [4.78, 5) is 24.5. The number of nitrogens with zero attached hydrogens (tertiary/aromatic N) is 2. The van der Waals surface area contributed by atoms with Gasteiger partial charge >= 0.3 is 0 Å². The molecule has 1 atom stereocenters. The maximum Gasteiger partial charge on any atom is 0.273 e. The fraction of sp³-hybridized carbons (Fsp3) is 0.500. The van der Waals surface area contributed by atoms with E-state index in [9.17, 15) is 14.9 Å². The first-order valence-electron chi connectivity index (χ1n) is 6.61. The number of amides is 1. The molecule has 1 unspecified atom stereocenters. The number of fused-ring (bicyclic) bond motifs is 1. The predicted octanol–water partition coefficient (Wildman–Crippen LogP) is 2.75. The van der Waals surface area contributed by atoms with E-state index in [1.54, 1.807) is 11.0 Å². The average Bonchev–Trinajstić information content (AvgIpc) is 2.36. The molecule has 1 aliphatic rings. The maximum absolute atomic E-state index is 12.5. The van der Waals surface area contributed by atoms with Crippen LogP contribution in [0.4, 0.5) is 11.4 Å². The number of hydrogen-bond donors (Lipinski definition) is 0. The molecule has 1 aromatic carbocycles. The Morgan fingerprint density at radius 1 is 1.30 bits per heavy atom. The summed E-state index contributed by atoms with van der Waals surface area (Å²) >= 11 is 0. The van der Waals surface area contributed by atoms with E-state index < -0.39 is 11.0 Å². The van der Waals surface area contributed by atoms with Crippen molar-refractivity contribution in [1.29, 1.82) is 0 Å². The van der Waals surface area contributed by atoms with Crippen LogP contribution in [0.5, 0.6) is 5.75 Å². The van der Waals surface area contributed by atoms with Gasteiger partial charge in [0.2, 0.25) is 0 Å². The number of hydrogen-bond acceptors (Lipinski definition) is 4. The highest BCUT2D eigenvalue weighted by Gasteiger charge is 2.38. The van der Waals surface area contributed by atoms with Gasteiger partial charge in [0.1, 0.15) is 0 Å². The van der Waals surface area contributed by atoms with E-state index in [0.717, 1.165) is 0 Å². The van der Waals surface area contributed by atoms with E-state index in [-0.39, 0.29) is 23.6 Å². The van der Waals surface area contributed by atoms with E-state index in [1.165, 1.54) is 12.1 Å². The van der Waals surface area contributed by atoms with Gasteiger partial charge in [-0.15, -0.1) is 0 Å². The minimum absolute atomic E-state index is 0.00355. The minimum atomic E-state index is -0.605. The first kappa shape index (κ1) is 14.3. The summed E-state index contributed by atoms with van der Waals surface area (Å²) in [6, 6.07) is 4.31. The van der Waals surface area contributed by atoms with Gasteiger partial charge in [0.05, 0.1) is 16.7 Å². The number of non-ortho nitro benzene ring substituents is 1. The molecule has 1 amide bonds. The van der Waals surface area contributed by atoms with Gasteiger partial charge in [0.25, 0.3) is 11.6 Å². The molecule has 1 aliphatic heterocycles. The van der Waals surface area contributed by atoms with Gasteiger partial charge in [-0.25, -0.2) is 0 Å². The normalized spacial score (nSPS) is 18.2. The fourth-order valence-electron chi connectivity index (χ4n) is 2.31. The second-order valence-electron chi connectivity index (χ2n) is 5.49. The van der Waals surface area contributed by atoms with Crippen LogP contribution in [-0.2, 0) is 4.79 Å². The number of ether oxygens (including phenoxy) is 1. The van der Waals surface area contributed by atoms with Gasteiger partial charge in [-0.2, -0.15) is 0 Å². The van der Waals surface area contributed by atoms with Crippen molar-refractivity contribution in [3.05, 3.63) is 28.3 Å². The molecule has 2 rings (SSSR count). The smallest absolute Gasteiger partial charge is 0.273 e. The fourth-order valence-corrected chi connectivity index (χ4v) is 2.31. The minimum Gasteiger partial charge on any atom is -0.478 e. The summed E-state index contributed by atoms with van der Waals surface area (Å²) in [6.07, 6.45) is -0.605. The largest absolute Gasteiger partial charge is 0.478 e. The van der Waals surface area contributed by atoms with Crippen molar-refractivity contribution in [2.24, 2.45) is 5.92 Å². The summed E-state index contributed by atoms with van der Waals surface area (Å²) in [5.41, 5.74) is 0.553. The zero-order chi connectivity index (χ0) is 15.0. The molecule has 0 saturated carbocycles. The highest BCUT2D eigenvalue weighted by Crippen LogP contribution is 2.39. The van der Waals surface area contributed by atoms with Crippen LogP contribution >= 0.6 is 0 Å². The average molecular weight is 278 g/mol. The second-order valence-corrected chi connectivity index (χ2v) is 5.49. The van der Waals surface area contributed by atoms with Crippen molar-refractivity contribution in [3.63, 3.8) is 0 Å². The van der Waals surface area contributed by atoms with E-state index in [0.29, 0.717) is 11.4 Å². The molecule has 108 valence electrons. The molecular weight excluding hydrogens is 260 g/mol. The summed E-state index contributed by atoms with van der Waals surface area (Å²) in [6.45, 7) is 7.60. The zero-order valence-corrected chi connectivity index (χ0v) is 12.0. The first-order valence-corrected chi connectivity index (χ1v) is 6.61. The second kappa shape index (κ2) is 5.11. The Labute approximate surface area is 117 Å². The Kier molecular flexibility index (Phi) is 3.65. The monoisotopic (exact) mass is 278 g/mol. The Balaban J connectivity index is 2.53. The van der Waals surface area contributed by atoms with Crippen molar-refractivity contribution < 1.29 is 14.5 Å². The topological polar surface area (TPSA) is 72.7 Å². The number of rotatable bonds is 3.